The number of fused-ring (bicyclic) bond motifs is 8. The van der Waals surface area contributed by atoms with Crippen LogP contribution >= 0.6 is 0 Å². The summed E-state index contributed by atoms with van der Waals surface area (Å²) >= 11 is 0. The molecule has 306 valence electrons. The molecule has 3 aromatic rings. The lowest BCUT2D eigenvalue weighted by Crippen LogP contribution is -2.75. The van der Waals surface area contributed by atoms with Crippen molar-refractivity contribution in [1.82, 2.24) is 10.2 Å². The van der Waals surface area contributed by atoms with Gasteiger partial charge in [0.2, 0.25) is 6.79 Å². The number of piperidine rings is 1. The Morgan fingerprint density at radius 3 is 2.29 bits per heavy atom. The smallest absolute Gasteiger partial charge is 0.261 e. The zero-order chi connectivity index (χ0) is 41.0. The maximum Gasteiger partial charge on any atom is 0.261 e. The lowest BCUT2D eigenvalue weighted by Gasteiger charge is -2.60. The van der Waals surface area contributed by atoms with E-state index in [4.69, 9.17) is 32.8 Å². The van der Waals surface area contributed by atoms with Gasteiger partial charge in [0.15, 0.2) is 41.2 Å². The number of hydrogen-bond acceptors (Lipinski definition) is 12. The summed E-state index contributed by atoms with van der Waals surface area (Å²) in [6, 6.07) is 22.7. The standard InChI is InChI=1S/C45H53N3O9Si/c1-27-20-29-21-32-34(23-46)48-33(38(47-32)36(29)41(39(27)52-7)54-25-53-19-18-51-6)22-45(50)37(42-40(55-26-56-42)28(2)43(45)49)35(48)24-57-58(44(3,4)5,30-14-10-8-11-15-30)31-16-12-9-13-17-31/h8-17,20,32-35,38,47,50H,18-19,21-22,24-26H2,1-7H3/t32-,33?,34+,35+,38-,45?/m1/s1. The van der Waals surface area contributed by atoms with Crippen molar-refractivity contribution in [2.24, 2.45) is 0 Å². The van der Waals surface area contributed by atoms with Gasteiger partial charge in [0.25, 0.3) is 8.32 Å². The van der Waals surface area contributed by atoms with Gasteiger partial charge < -0.3 is 43.3 Å². The summed E-state index contributed by atoms with van der Waals surface area (Å²) < 4.78 is 43.1. The van der Waals surface area contributed by atoms with E-state index >= 15 is 0 Å². The van der Waals surface area contributed by atoms with Crippen LogP contribution in [0, 0.1) is 18.3 Å². The average molecular weight is 808 g/mol. The van der Waals surface area contributed by atoms with E-state index in [2.05, 4.69) is 67.4 Å². The van der Waals surface area contributed by atoms with E-state index in [-0.39, 0.29) is 37.7 Å². The number of piperazine rings is 1. The molecule has 4 aliphatic heterocycles. The lowest BCUT2D eigenvalue weighted by atomic mass is 9.65. The second-order valence-corrected chi connectivity index (χ2v) is 21.1. The van der Waals surface area contributed by atoms with E-state index in [1.165, 1.54) is 0 Å². The average Bonchev–Trinajstić information content (AvgIpc) is 3.70. The number of ketones is 1. The fourth-order valence-electron chi connectivity index (χ4n) is 10.3. The summed E-state index contributed by atoms with van der Waals surface area (Å²) in [4.78, 5) is 16.9. The highest BCUT2D eigenvalue weighted by Crippen LogP contribution is 2.55. The monoisotopic (exact) mass is 807 g/mol. The van der Waals surface area contributed by atoms with E-state index in [0.717, 1.165) is 27.1 Å². The molecule has 3 saturated heterocycles. The topological polar surface area (TPSA) is 141 Å². The van der Waals surface area contributed by atoms with Crippen LogP contribution in [0.3, 0.4) is 0 Å². The molecule has 1 aliphatic carbocycles. The molecular weight excluding hydrogens is 755 g/mol. The van der Waals surface area contributed by atoms with Gasteiger partial charge in [-0.25, -0.2) is 0 Å². The number of Topliss-reactive ketones (excluding diaryl/α,β-unsaturated/α-hetero) is 1. The molecular formula is C45H53N3O9Si. The third-order valence-electron chi connectivity index (χ3n) is 12.6. The maximum atomic E-state index is 14.7. The number of aryl methyl sites for hydroxylation is 1. The normalized spacial score (nSPS) is 26.5. The Kier molecular flexibility index (Phi) is 10.8. The van der Waals surface area contributed by atoms with Crippen molar-refractivity contribution < 1.29 is 42.7 Å². The first kappa shape index (κ1) is 40.3. The number of aliphatic hydroxyl groups is 1. The third-order valence-corrected chi connectivity index (χ3v) is 17.7. The number of hydrogen-bond donors (Lipinski definition) is 2. The zero-order valence-corrected chi connectivity index (χ0v) is 35.3. The quantitative estimate of drug-likeness (QED) is 0.153. The van der Waals surface area contributed by atoms with Crippen LogP contribution in [0.4, 0.5) is 0 Å². The minimum atomic E-state index is -3.16. The van der Waals surface area contributed by atoms with Crippen molar-refractivity contribution in [3.05, 3.63) is 106 Å². The SMILES string of the molecule is COCCOCOc1c(OC)c(C)cc2c1[C@@H]1N[C@H](C2)[C@H](C#N)N2C1CC1(O)C(=O)C(C)=C3OCOC3=C1[C@@H]2CO[Si](c1ccccc1)(c1ccccc1)C(C)(C)C. The van der Waals surface area contributed by atoms with Crippen LogP contribution in [0.15, 0.2) is 89.4 Å². The molecule has 58 heavy (non-hydrogen) atoms. The number of carbonyl (C=O) groups is 1. The molecule has 0 aromatic heterocycles. The van der Waals surface area contributed by atoms with Gasteiger partial charge >= 0.3 is 0 Å². The lowest BCUT2D eigenvalue weighted by molar-refractivity contribution is -0.142. The number of nitrogens with zero attached hydrogens (tertiary/aromatic N) is 2. The minimum Gasteiger partial charge on any atom is -0.493 e. The molecule has 0 saturated carbocycles. The molecule has 2 N–H and O–H groups in total. The highest BCUT2D eigenvalue weighted by molar-refractivity contribution is 6.99. The zero-order valence-electron chi connectivity index (χ0n) is 34.3. The van der Waals surface area contributed by atoms with Gasteiger partial charge in [0, 0.05) is 42.3 Å². The van der Waals surface area contributed by atoms with Crippen LogP contribution in [0.1, 0.15) is 56.8 Å². The molecule has 13 heteroatoms. The molecule has 5 aliphatic rings. The van der Waals surface area contributed by atoms with Crippen molar-refractivity contribution in [3.8, 4) is 17.6 Å². The fraction of sp³-hybridized carbons (Fsp3) is 0.467. The Bertz CT molecular complexity index is 2130. The Morgan fingerprint density at radius 2 is 1.67 bits per heavy atom. The Balaban J connectivity index is 1.31. The van der Waals surface area contributed by atoms with E-state index in [0.29, 0.717) is 53.8 Å². The number of rotatable bonds is 12. The summed E-state index contributed by atoms with van der Waals surface area (Å²) in [6.07, 6.45) is 0.511. The van der Waals surface area contributed by atoms with Gasteiger partial charge in [-0.3, -0.25) is 9.69 Å². The van der Waals surface area contributed by atoms with Crippen LogP contribution in [-0.4, -0.2) is 102 Å². The molecule has 3 fully saturated rings. The van der Waals surface area contributed by atoms with Crippen LogP contribution in [0.25, 0.3) is 0 Å². The van der Waals surface area contributed by atoms with Crippen LogP contribution in [0.5, 0.6) is 11.5 Å². The van der Waals surface area contributed by atoms with Crippen LogP contribution in [-0.2, 0) is 34.6 Å². The predicted molar refractivity (Wildman–Crippen MR) is 218 cm³/mol. The molecule has 3 aromatic carbocycles. The van der Waals surface area contributed by atoms with Gasteiger partial charge in [-0.15, -0.1) is 0 Å². The van der Waals surface area contributed by atoms with Crippen LogP contribution in [0.2, 0.25) is 5.04 Å². The fourth-order valence-corrected chi connectivity index (χ4v) is 14.8. The molecule has 4 heterocycles. The molecule has 12 nitrogen and oxygen atoms in total. The predicted octanol–water partition coefficient (Wildman–Crippen LogP) is 4.33. The molecule has 0 amide bonds. The van der Waals surface area contributed by atoms with Crippen molar-refractivity contribution in [3.63, 3.8) is 0 Å². The second kappa shape index (κ2) is 15.6. The van der Waals surface area contributed by atoms with E-state index in [9.17, 15) is 15.2 Å². The molecule has 6 atom stereocenters. The summed E-state index contributed by atoms with van der Waals surface area (Å²) in [7, 11) is 0.0643. The summed E-state index contributed by atoms with van der Waals surface area (Å²) in [6.45, 7) is 11.0. The van der Waals surface area contributed by atoms with Gasteiger partial charge in [0.1, 0.15) is 6.04 Å². The molecule has 2 bridgehead atoms. The summed E-state index contributed by atoms with van der Waals surface area (Å²) in [5.74, 6) is 1.33. The van der Waals surface area contributed by atoms with Gasteiger partial charge in [-0.05, 0) is 46.8 Å². The second-order valence-electron chi connectivity index (χ2n) is 16.8. The van der Waals surface area contributed by atoms with E-state index in [1.807, 2.05) is 43.3 Å². The third kappa shape index (κ3) is 6.28. The Hall–Kier alpha value is -4.52. The molecule has 8 rings (SSSR count). The number of nitriles is 1. The van der Waals surface area contributed by atoms with Crippen molar-refractivity contribution in [2.75, 3.05) is 47.6 Å². The number of benzene rings is 3. The molecule has 0 radical (unpaired) electrons. The van der Waals surface area contributed by atoms with Crippen molar-refractivity contribution in [1.29, 1.82) is 5.26 Å². The van der Waals surface area contributed by atoms with Gasteiger partial charge in [0.05, 0.1) is 45.1 Å². The number of ether oxygens (including phenoxy) is 6. The Labute approximate surface area is 341 Å². The first-order valence-electron chi connectivity index (χ1n) is 20.0. The molecule has 0 spiro atoms. The van der Waals surface area contributed by atoms with Gasteiger partial charge in [-0.1, -0.05) is 87.5 Å². The molecule has 2 unspecified atom stereocenters. The van der Waals surface area contributed by atoms with Crippen molar-refractivity contribution in [2.45, 2.75) is 88.3 Å². The van der Waals surface area contributed by atoms with Crippen molar-refractivity contribution >= 4 is 24.5 Å². The highest BCUT2D eigenvalue weighted by Gasteiger charge is 2.64. The van der Waals surface area contributed by atoms with Gasteiger partial charge in [-0.2, -0.15) is 5.26 Å². The summed E-state index contributed by atoms with van der Waals surface area (Å²) in [5, 5.41) is 29.9. The maximum absolute atomic E-state index is 14.7. The first-order chi connectivity index (χ1) is 27.9. The largest absolute Gasteiger partial charge is 0.493 e. The van der Waals surface area contributed by atoms with E-state index < -0.39 is 43.9 Å². The first-order valence-corrected chi connectivity index (χ1v) is 21.9. The number of methoxy groups -OCH3 is 2. The minimum absolute atomic E-state index is 0.0175. The Morgan fingerprint density at radius 1 is 1.00 bits per heavy atom. The van der Waals surface area contributed by atoms with E-state index in [1.54, 1.807) is 21.1 Å². The highest BCUT2D eigenvalue weighted by atomic mass is 28.4. The van der Waals surface area contributed by atoms with Crippen LogP contribution < -0.4 is 25.2 Å². The number of nitrogens with one attached hydrogen (secondary N) is 1. The summed E-state index contributed by atoms with van der Waals surface area (Å²) in [5.41, 5.74) is 1.45. The number of carbonyl (C=O) groups excluding carboxylic acids is 1.